The number of nitrogens with one attached hydrogen (secondary N) is 2. The Morgan fingerprint density at radius 3 is 2.60 bits per heavy atom. The highest BCUT2D eigenvalue weighted by atomic mass is 35.5. The van der Waals surface area contributed by atoms with E-state index < -0.39 is 39.4 Å². The van der Waals surface area contributed by atoms with Crippen LogP contribution in [0.5, 0.6) is 0 Å². The molecule has 0 spiro atoms. The third-order valence-electron chi connectivity index (χ3n) is 6.95. The van der Waals surface area contributed by atoms with Crippen molar-refractivity contribution < 1.29 is 31.2 Å². The molecule has 40 heavy (non-hydrogen) atoms. The molecule has 2 N–H and O–H groups in total. The zero-order valence-corrected chi connectivity index (χ0v) is 23.4. The van der Waals surface area contributed by atoms with Crippen LogP contribution in [0.15, 0.2) is 47.6 Å². The van der Waals surface area contributed by atoms with Gasteiger partial charge in [-0.05, 0) is 68.4 Å². The lowest BCUT2D eigenvalue weighted by Crippen LogP contribution is -2.54. The normalized spacial score (nSPS) is 18.6. The van der Waals surface area contributed by atoms with Gasteiger partial charge in [-0.25, -0.2) is 13.2 Å². The molecule has 2 aromatic rings. The van der Waals surface area contributed by atoms with Gasteiger partial charge in [0.05, 0.1) is 16.3 Å². The first-order valence-electron chi connectivity index (χ1n) is 13.1. The first-order valence-corrected chi connectivity index (χ1v) is 14.9. The van der Waals surface area contributed by atoms with Crippen molar-refractivity contribution in [1.29, 1.82) is 0 Å². The number of hydrogen-bond acceptors (Lipinski definition) is 5. The Bertz CT molecular complexity index is 1330. The Balaban J connectivity index is 1.65. The van der Waals surface area contributed by atoms with Gasteiger partial charge in [0.15, 0.2) is 0 Å². The van der Waals surface area contributed by atoms with Gasteiger partial charge in [-0.15, -0.1) is 0 Å². The standard InChI is InChI=1S/C26H31ClF3N5O4S/c1-2-22(24(36)34-12-4-5-17(16-34)14-32-25(37)33-19-8-9-19)35(40(38,39)20-6-3-11-31-15-20)23-13-18(26(28,29)30)7-10-21(23)27/h3,6-7,10-11,13,15,17,19,22H,2,4-5,8-9,12,14,16H2,1H3,(H2,32,33,37)/t17-,22?/m0/s1. The van der Waals surface area contributed by atoms with Crippen molar-refractivity contribution in [2.75, 3.05) is 23.9 Å². The average Bonchev–Trinajstić information content (AvgIpc) is 3.74. The molecule has 2 atom stereocenters. The smallest absolute Gasteiger partial charge is 0.341 e. The van der Waals surface area contributed by atoms with E-state index in [-0.39, 0.29) is 40.9 Å². The highest BCUT2D eigenvalue weighted by molar-refractivity contribution is 7.93. The average molecular weight is 602 g/mol. The largest absolute Gasteiger partial charge is 0.416 e. The predicted molar refractivity (Wildman–Crippen MR) is 143 cm³/mol. The maximum atomic E-state index is 13.9. The number of piperidine rings is 1. The summed E-state index contributed by atoms with van der Waals surface area (Å²) in [4.78, 5) is 31.0. The number of hydrogen-bond donors (Lipinski definition) is 2. The van der Waals surface area contributed by atoms with E-state index in [1.807, 2.05) is 0 Å². The fourth-order valence-electron chi connectivity index (χ4n) is 4.72. The van der Waals surface area contributed by atoms with E-state index in [9.17, 15) is 31.2 Å². The maximum absolute atomic E-state index is 13.9. The highest BCUT2D eigenvalue weighted by Crippen LogP contribution is 2.39. The topological polar surface area (TPSA) is 112 Å². The molecule has 2 fully saturated rings. The quantitative estimate of drug-likeness (QED) is 0.442. The van der Waals surface area contributed by atoms with Crippen LogP contribution in [0.25, 0.3) is 0 Å². The Kier molecular flexibility index (Phi) is 9.13. The highest BCUT2D eigenvalue weighted by Gasteiger charge is 2.41. The Hall–Kier alpha value is -3.06. The van der Waals surface area contributed by atoms with E-state index in [1.165, 1.54) is 23.2 Å². The molecule has 1 unspecified atom stereocenters. The van der Waals surface area contributed by atoms with E-state index in [0.29, 0.717) is 29.9 Å². The van der Waals surface area contributed by atoms with Gasteiger partial charge in [0.2, 0.25) is 5.91 Å². The molecule has 2 heterocycles. The fourth-order valence-corrected chi connectivity index (χ4v) is 6.64. The number of alkyl halides is 3. The minimum Gasteiger partial charge on any atom is -0.341 e. The summed E-state index contributed by atoms with van der Waals surface area (Å²) in [6.45, 7) is 2.52. The first kappa shape index (κ1) is 29.9. The number of carbonyl (C=O) groups is 2. The summed E-state index contributed by atoms with van der Waals surface area (Å²) in [5.41, 5.74) is -1.55. The molecule has 9 nitrogen and oxygen atoms in total. The molecule has 0 radical (unpaired) electrons. The number of aromatic nitrogens is 1. The van der Waals surface area contributed by atoms with Crippen LogP contribution in [0.3, 0.4) is 0 Å². The molecule has 4 rings (SSSR count). The lowest BCUT2D eigenvalue weighted by Gasteiger charge is -2.38. The second kappa shape index (κ2) is 12.2. The summed E-state index contributed by atoms with van der Waals surface area (Å²) >= 11 is 6.30. The fraction of sp³-hybridized carbons (Fsp3) is 0.500. The van der Waals surface area contributed by atoms with Gasteiger partial charge >= 0.3 is 12.2 Å². The van der Waals surface area contributed by atoms with Crippen molar-refractivity contribution in [3.05, 3.63) is 53.3 Å². The summed E-state index contributed by atoms with van der Waals surface area (Å²) in [5, 5.41) is 5.41. The lowest BCUT2D eigenvalue weighted by atomic mass is 9.97. The summed E-state index contributed by atoms with van der Waals surface area (Å²) in [6.07, 6.45) is 0.894. The molecule has 1 saturated carbocycles. The van der Waals surface area contributed by atoms with Crippen LogP contribution in [0.1, 0.15) is 44.6 Å². The molecule has 1 aromatic heterocycles. The molecule has 1 aromatic carbocycles. The minimum atomic E-state index is -4.77. The van der Waals surface area contributed by atoms with Crippen molar-refractivity contribution in [3.63, 3.8) is 0 Å². The Morgan fingerprint density at radius 1 is 1.23 bits per heavy atom. The molecule has 1 aliphatic carbocycles. The van der Waals surface area contributed by atoms with E-state index >= 15 is 0 Å². The van der Waals surface area contributed by atoms with Crippen LogP contribution in [0.4, 0.5) is 23.7 Å². The van der Waals surface area contributed by atoms with E-state index in [4.69, 9.17) is 11.6 Å². The van der Waals surface area contributed by atoms with Gasteiger partial charge in [0.1, 0.15) is 10.9 Å². The van der Waals surface area contributed by atoms with Crippen molar-refractivity contribution in [2.45, 2.75) is 62.2 Å². The number of likely N-dealkylation sites (tertiary alicyclic amines) is 1. The van der Waals surface area contributed by atoms with E-state index in [2.05, 4.69) is 15.6 Å². The van der Waals surface area contributed by atoms with Gasteiger partial charge in [-0.1, -0.05) is 18.5 Å². The van der Waals surface area contributed by atoms with Crippen LogP contribution in [-0.4, -0.2) is 62.0 Å². The first-order chi connectivity index (χ1) is 18.9. The van der Waals surface area contributed by atoms with E-state index in [1.54, 1.807) is 6.92 Å². The third kappa shape index (κ3) is 6.98. The van der Waals surface area contributed by atoms with Crippen LogP contribution in [-0.2, 0) is 21.0 Å². The van der Waals surface area contributed by atoms with Crippen molar-refractivity contribution in [3.8, 4) is 0 Å². The molecule has 3 amide bonds. The van der Waals surface area contributed by atoms with Crippen LogP contribution in [0.2, 0.25) is 5.02 Å². The van der Waals surface area contributed by atoms with Crippen molar-refractivity contribution in [2.24, 2.45) is 5.92 Å². The number of nitrogens with zero attached hydrogens (tertiary/aromatic N) is 3. The number of anilines is 1. The van der Waals surface area contributed by atoms with Crippen LogP contribution in [0, 0.1) is 5.92 Å². The Labute approximate surface area is 236 Å². The second-order valence-electron chi connectivity index (χ2n) is 10.00. The molecular weight excluding hydrogens is 571 g/mol. The summed E-state index contributed by atoms with van der Waals surface area (Å²) in [5.74, 6) is -0.628. The number of pyridine rings is 1. The maximum Gasteiger partial charge on any atom is 0.416 e. The summed E-state index contributed by atoms with van der Waals surface area (Å²) in [6, 6.07) is 3.55. The van der Waals surface area contributed by atoms with Gasteiger partial charge in [-0.3, -0.25) is 14.1 Å². The van der Waals surface area contributed by atoms with Gasteiger partial charge < -0.3 is 15.5 Å². The van der Waals surface area contributed by atoms with Gasteiger partial charge in [0.25, 0.3) is 10.0 Å². The predicted octanol–water partition coefficient (Wildman–Crippen LogP) is 4.43. The number of amides is 3. The molecule has 1 aliphatic heterocycles. The zero-order chi connectivity index (χ0) is 29.1. The number of carbonyl (C=O) groups excluding carboxylic acids is 2. The molecule has 0 bridgehead atoms. The molecular formula is C26H31ClF3N5O4S. The molecule has 14 heteroatoms. The number of benzene rings is 1. The van der Waals surface area contributed by atoms with Gasteiger partial charge in [-0.2, -0.15) is 13.2 Å². The third-order valence-corrected chi connectivity index (χ3v) is 9.08. The molecule has 2 aliphatic rings. The van der Waals surface area contributed by atoms with E-state index in [0.717, 1.165) is 37.6 Å². The zero-order valence-electron chi connectivity index (χ0n) is 21.8. The molecule has 1 saturated heterocycles. The SMILES string of the molecule is CCC(C(=O)N1CCC[C@@H](CNC(=O)NC2CC2)C1)N(c1cc(C(F)(F)F)ccc1Cl)S(=O)(=O)c1cccnc1. The second-order valence-corrected chi connectivity index (χ2v) is 12.2. The number of urea groups is 1. The lowest BCUT2D eigenvalue weighted by molar-refractivity contribution is -0.137. The number of sulfonamides is 1. The number of rotatable bonds is 9. The van der Waals surface area contributed by atoms with Gasteiger partial charge in [0, 0.05) is 38.1 Å². The molecule has 218 valence electrons. The van der Waals surface area contributed by atoms with Crippen LogP contribution >= 0.6 is 11.6 Å². The summed E-state index contributed by atoms with van der Waals surface area (Å²) in [7, 11) is -4.57. The van der Waals surface area contributed by atoms with Crippen LogP contribution < -0.4 is 14.9 Å². The van der Waals surface area contributed by atoms with Crippen molar-refractivity contribution in [1.82, 2.24) is 20.5 Å². The minimum absolute atomic E-state index is 0.0336. The number of halogens is 4. The van der Waals surface area contributed by atoms with Crippen molar-refractivity contribution >= 4 is 39.2 Å². The Morgan fingerprint density at radius 2 is 1.98 bits per heavy atom. The monoisotopic (exact) mass is 601 g/mol. The summed E-state index contributed by atoms with van der Waals surface area (Å²) < 4.78 is 69.4.